The average molecular weight is 278 g/mol. The number of hydrogen-bond donors (Lipinski definition) is 0. The van der Waals surface area contributed by atoms with Crippen LogP contribution in [0.15, 0.2) is 42.5 Å². The molecule has 0 N–H and O–H groups in total. The molecule has 0 heterocycles. The van der Waals surface area contributed by atoms with E-state index in [0.29, 0.717) is 12.1 Å². The fraction of sp³-hybridized carbons (Fsp3) is 0.143. The van der Waals surface area contributed by atoms with E-state index in [2.05, 4.69) is 0 Å². The fourth-order valence-corrected chi connectivity index (χ4v) is 1.86. The Morgan fingerprint density at radius 3 is 2.35 bits per heavy atom. The van der Waals surface area contributed by atoms with Crippen LogP contribution in [0, 0.1) is 21.7 Å². The van der Waals surface area contributed by atoms with Gasteiger partial charge in [0.05, 0.1) is 4.92 Å². The van der Waals surface area contributed by atoms with E-state index in [1.807, 2.05) is 0 Å². The van der Waals surface area contributed by atoms with Gasteiger partial charge in [0.25, 0.3) is 0 Å². The molecule has 2 rings (SSSR count). The van der Waals surface area contributed by atoms with Crippen molar-refractivity contribution < 1.29 is 13.7 Å². The lowest BCUT2D eigenvalue weighted by molar-refractivity contribution is -0.387. The van der Waals surface area contributed by atoms with Crippen LogP contribution in [-0.2, 0) is 6.54 Å². The van der Waals surface area contributed by atoms with E-state index >= 15 is 0 Å². The standard InChI is InChI=1S/C14H12F2N2O2/c1-17(12-5-3-11(15)4-6-12)9-10-2-7-14(18(19)20)13(16)8-10/h2-8H,9H2,1H3. The largest absolute Gasteiger partial charge is 0.370 e. The molecule has 0 aliphatic carbocycles. The SMILES string of the molecule is CN(Cc1ccc([N+](=O)[O-])c(F)c1)c1ccc(F)cc1. The van der Waals surface area contributed by atoms with Crippen LogP contribution in [0.25, 0.3) is 0 Å². The van der Waals surface area contributed by atoms with E-state index < -0.39 is 16.4 Å². The van der Waals surface area contributed by atoms with Gasteiger partial charge in [-0.3, -0.25) is 10.1 Å². The van der Waals surface area contributed by atoms with E-state index in [4.69, 9.17) is 0 Å². The second-order valence-electron chi connectivity index (χ2n) is 4.38. The number of benzene rings is 2. The van der Waals surface area contributed by atoms with Gasteiger partial charge in [-0.2, -0.15) is 4.39 Å². The summed E-state index contributed by atoms with van der Waals surface area (Å²) in [5, 5.41) is 10.5. The Labute approximate surface area is 114 Å². The molecule has 0 spiro atoms. The van der Waals surface area contributed by atoms with Gasteiger partial charge in [-0.1, -0.05) is 6.07 Å². The van der Waals surface area contributed by atoms with Crippen LogP contribution in [0.5, 0.6) is 0 Å². The van der Waals surface area contributed by atoms with Crippen molar-refractivity contribution in [3.05, 3.63) is 69.8 Å². The molecule has 0 unspecified atom stereocenters. The molecule has 0 fully saturated rings. The minimum atomic E-state index is -0.861. The van der Waals surface area contributed by atoms with Crippen LogP contribution >= 0.6 is 0 Å². The van der Waals surface area contributed by atoms with E-state index in [0.717, 1.165) is 17.8 Å². The number of hydrogen-bond acceptors (Lipinski definition) is 3. The zero-order chi connectivity index (χ0) is 14.7. The van der Waals surface area contributed by atoms with Crippen molar-refractivity contribution in [3.63, 3.8) is 0 Å². The Morgan fingerprint density at radius 2 is 1.80 bits per heavy atom. The van der Waals surface area contributed by atoms with E-state index in [-0.39, 0.29) is 5.82 Å². The molecule has 2 aromatic carbocycles. The lowest BCUT2D eigenvalue weighted by Gasteiger charge is -2.19. The van der Waals surface area contributed by atoms with Crippen LogP contribution in [0.4, 0.5) is 20.2 Å². The van der Waals surface area contributed by atoms with Gasteiger partial charge >= 0.3 is 5.69 Å². The predicted molar refractivity (Wildman–Crippen MR) is 71.6 cm³/mol. The van der Waals surface area contributed by atoms with Crippen molar-refractivity contribution in [2.24, 2.45) is 0 Å². The maximum Gasteiger partial charge on any atom is 0.304 e. The molecule has 0 amide bonds. The molecule has 0 aliphatic heterocycles. The van der Waals surface area contributed by atoms with Crippen LogP contribution in [0.1, 0.15) is 5.56 Å². The molecule has 104 valence electrons. The number of anilines is 1. The van der Waals surface area contributed by atoms with Crippen molar-refractivity contribution in [3.8, 4) is 0 Å². The third-order valence-electron chi connectivity index (χ3n) is 2.90. The number of nitro benzene ring substituents is 1. The summed E-state index contributed by atoms with van der Waals surface area (Å²) in [4.78, 5) is 11.6. The van der Waals surface area contributed by atoms with Crippen molar-refractivity contribution in [1.29, 1.82) is 0 Å². The highest BCUT2D eigenvalue weighted by atomic mass is 19.1. The van der Waals surface area contributed by atoms with Crippen LogP contribution < -0.4 is 4.90 Å². The van der Waals surface area contributed by atoms with E-state index in [1.165, 1.54) is 18.2 Å². The van der Waals surface area contributed by atoms with Gasteiger partial charge in [-0.15, -0.1) is 0 Å². The van der Waals surface area contributed by atoms with Gasteiger partial charge in [-0.05, 0) is 35.9 Å². The summed E-state index contributed by atoms with van der Waals surface area (Å²) >= 11 is 0. The first-order valence-corrected chi connectivity index (χ1v) is 5.87. The quantitative estimate of drug-likeness (QED) is 0.635. The first kappa shape index (κ1) is 13.9. The third kappa shape index (κ3) is 3.09. The highest BCUT2D eigenvalue weighted by Gasteiger charge is 2.14. The van der Waals surface area contributed by atoms with Gasteiger partial charge in [0.15, 0.2) is 0 Å². The number of rotatable bonds is 4. The smallest absolute Gasteiger partial charge is 0.304 e. The first-order valence-electron chi connectivity index (χ1n) is 5.87. The molecule has 0 saturated heterocycles. The van der Waals surface area contributed by atoms with Crippen LogP contribution in [0.3, 0.4) is 0 Å². The maximum atomic E-state index is 13.5. The third-order valence-corrected chi connectivity index (χ3v) is 2.90. The molecule has 0 aromatic heterocycles. The number of halogens is 2. The van der Waals surface area contributed by atoms with Crippen molar-refractivity contribution in [1.82, 2.24) is 0 Å². The van der Waals surface area contributed by atoms with E-state index in [1.54, 1.807) is 24.1 Å². The van der Waals surface area contributed by atoms with Gasteiger partial charge < -0.3 is 4.90 Å². The molecule has 0 radical (unpaired) electrons. The number of nitro groups is 1. The average Bonchev–Trinajstić information content (AvgIpc) is 2.39. The molecular weight excluding hydrogens is 266 g/mol. The van der Waals surface area contributed by atoms with Crippen molar-refractivity contribution in [2.75, 3.05) is 11.9 Å². The van der Waals surface area contributed by atoms with Crippen molar-refractivity contribution in [2.45, 2.75) is 6.54 Å². The zero-order valence-electron chi connectivity index (χ0n) is 10.7. The summed E-state index contributed by atoms with van der Waals surface area (Å²) in [6.45, 7) is 0.362. The van der Waals surface area contributed by atoms with Gasteiger partial charge in [0.2, 0.25) is 5.82 Å². The molecular formula is C14H12F2N2O2. The molecule has 0 aliphatic rings. The van der Waals surface area contributed by atoms with Gasteiger partial charge in [0.1, 0.15) is 5.82 Å². The topological polar surface area (TPSA) is 46.4 Å². The summed E-state index contributed by atoms with van der Waals surface area (Å²) < 4.78 is 26.3. The first-order chi connectivity index (χ1) is 9.47. The molecule has 0 atom stereocenters. The fourth-order valence-electron chi connectivity index (χ4n) is 1.86. The van der Waals surface area contributed by atoms with Crippen LogP contribution in [-0.4, -0.2) is 12.0 Å². The second kappa shape index (κ2) is 5.64. The Morgan fingerprint density at radius 1 is 1.15 bits per heavy atom. The minimum absolute atomic E-state index is 0.330. The Balaban J connectivity index is 2.15. The molecule has 20 heavy (non-hydrogen) atoms. The summed E-state index contributed by atoms with van der Waals surface area (Å²) in [7, 11) is 1.77. The Kier molecular flexibility index (Phi) is 3.93. The summed E-state index contributed by atoms with van der Waals surface area (Å²) in [5.41, 5.74) is 0.822. The lowest BCUT2D eigenvalue weighted by atomic mass is 10.1. The predicted octanol–water partition coefficient (Wildman–Crippen LogP) is 3.51. The molecule has 0 saturated carbocycles. The minimum Gasteiger partial charge on any atom is -0.370 e. The summed E-state index contributed by atoms with van der Waals surface area (Å²) in [5.74, 6) is -1.19. The monoisotopic (exact) mass is 278 g/mol. The highest BCUT2D eigenvalue weighted by molar-refractivity contribution is 5.46. The Bertz CT molecular complexity index is 630. The molecule has 4 nitrogen and oxygen atoms in total. The molecule has 0 bridgehead atoms. The van der Waals surface area contributed by atoms with E-state index in [9.17, 15) is 18.9 Å². The normalized spacial score (nSPS) is 10.3. The molecule has 6 heteroatoms. The second-order valence-corrected chi connectivity index (χ2v) is 4.38. The van der Waals surface area contributed by atoms with Gasteiger partial charge in [0, 0.05) is 25.3 Å². The van der Waals surface area contributed by atoms with Gasteiger partial charge in [-0.25, -0.2) is 4.39 Å². The van der Waals surface area contributed by atoms with Crippen LogP contribution in [0.2, 0.25) is 0 Å². The molecule has 2 aromatic rings. The highest BCUT2D eigenvalue weighted by Crippen LogP contribution is 2.21. The Hall–Kier alpha value is -2.50. The maximum absolute atomic E-state index is 13.5. The zero-order valence-corrected chi connectivity index (χ0v) is 10.7. The van der Waals surface area contributed by atoms with Crippen molar-refractivity contribution >= 4 is 11.4 Å². The number of nitrogens with zero attached hydrogens (tertiary/aromatic N) is 2. The lowest BCUT2D eigenvalue weighted by Crippen LogP contribution is -2.16. The summed E-state index contributed by atoms with van der Waals surface area (Å²) in [6.07, 6.45) is 0. The summed E-state index contributed by atoms with van der Waals surface area (Å²) in [6, 6.07) is 9.67.